The van der Waals surface area contributed by atoms with E-state index >= 15 is 0 Å². The molecule has 36 heavy (non-hydrogen) atoms. The Hall–Kier alpha value is -3.97. The first-order valence-corrected chi connectivity index (χ1v) is 12.4. The molecule has 0 radical (unpaired) electrons. The fourth-order valence-electron chi connectivity index (χ4n) is 5.27. The van der Waals surface area contributed by atoms with Gasteiger partial charge >= 0.3 is 0 Å². The van der Waals surface area contributed by atoms with Gasteiger partial charge in [-0.1, -0.05) is 24.8 Å². The first-order valence-electron chi connectivity index (χ1n) is 12.4. The van der Waals surface area contributed by atoms with Crippen molar-refractivity contribution in [2.24, 2.45) is 5.73 Å². The minimum atomic E-state index is -0.337. The fraction of sp³-hybridized carbons (Fsp3) is 0.241. The Morgan fingerprint density at radius 3 is 2.83 bits per heavy atom. The highest BCUT2D eigenvalue weighted by Crippen LogP contribution is 2.32. The lowest BCUT2D eigenvalue weighted by molar-refractivity contribution is 0.296. The molecule has 2 N–H and O–H groups in total. The van der Waals surface area contributed by atoms with Crippen LogP contribution in [0.3, 0.4) is 0 Å². The van der Waals surface area contributed by atoms with E-state index in [2.05, 4.69) is 68.9 Å². The largest absolute Gasteiger partial charge is 0.370 e. The second-order valence-corrected chi connectivity index (χ2v) is 9.63. The van der Waals surface area contributed by atoms with Crippen LogP contribution in [0.5, 0.6) is 0 Å². The van der Waals surface area contributed by atoms with Crippen LogP contribution < -0.4 is 5.73 Å². The second-order valence-electron chi connectivity index (χ2n) is 9.63. The number of hydrogen-bond acceptors (Lipinski definition) is 4. The monoisotopic (exact) mass is 480 g/mol. The van der Waals surface area contributed by atoms with Crippen molar-refractivity contribution in [1.82, 2.24) is 23.8 Å². The number of hydrogen-bond donors (Lipinski definition) is 1. The number of aryl methyl sites for hydroxylation is 1. The van der Waals surface area contributed by atoms with E-state index in [-0.39, 0.29) is 11.9 Å². The lowest BCUT2D eigenvalue weighted by atomic mass is 10.0. The molecule has 5 heterocycles. The van der Waals surface area contributed by atoms with Gasteiger partial charge in [0.1, 0.15) is 17.2 Å². The molecule has 182 valence electrons. The lowest BCUT2D eigenvalue weighted by Crippen LogP contribution is -2.41. The van der Waals surface area contributed by atoms with Crippen molar-refractivity contribution in [3.8, 4) is 11.4 Å². The molecule has 0 bridgehead atoms. The number of nitrogens with zero attached hydrogens (tertiary/aromatic N) is 5. The Balaban J connectivity index is 1.42. The molecule has 1 aromatic carbocycles. The van der Waals surface area contributed by atoms with Crippen LogP contribution in [0.2, 0.25) is 0 Å². The number of nitrogens with two attached hydrogens (primary N) is 1. The fourth-order valence-corrected chi connectivity index (χ4v) is 5.27. The van der Waals surface area contributed by atoms with Gasteiger partial charge < -0.3 is 19.6 Å². The van der Waals surface area contributed by atoms with E-state index in [1.807, 2.05) is 12.1 Å². The molecule has 1 atom stereocenters. The smallest absolute Gasteiger partial charge is 0.141 e. The summed E-state index contributed by atoms with van der Waals surface area (Å²) in [5.74, 6) is -0.337. The van der Waals surface area contributed by atoms with Gasteiger partial charge in [-0.15, -0.1) is 0 Å². The summed E-state index contributed by atoms with van der Waals surface area (Å²) in [4.78, 5) is 11.7. The van der Waals surface area contributed by atoms with Gasteiger partial charge in [-0.2, -0.15) is 0 Å². The van der Waals surface area contributed by atoms with E-state index in [1.165, 1.54) is 12.3 Å². The van der Waals surface area contributed by atoms with Crippen LogP contribution in [-0.4, -0.2) is 43.0 Å². The maximum atomic E-state index is 13.5. The molecule has 1 fully saturated rings. The highest BCUT2D eigenvalue weighted by Gasteiger charge is 2.21. The molecular weight excluding hydrogens is 451 g/mol. The number of halogens is 1. The molecule has 4 aromatic heterocycles. The third kappa shape index (κ3) is 3.95. The molecule has 5 aromatic rings. The van der Waals surface area contributed by atoms with Crippen LogP contribution in [-0.2, 0) is 6.54 Å². The summed E-state index contributed by atoms with van der Waals surface area (Å²) in [5, 5.41) is 1.13. The van der Waals surface area contributed by atoms with Crippen LogP contribution in [0.4, 0.5) is 4.39 Å². The number of imidazole rings is 1. The van der Waals surface area contributed by atoms with E-state index in [4.69, 9.17) is 10.7 Å². The number of pyridine rings is 2. The quantitative estimate of drug-likeness (QED) is 0.374. The lowest BCUT2D eigenvalue weighted by Gasteiger charge is -2.34. The molecule has 0 saturated carbocycles. The normalized spacial score (nSPS) is 16.2. The van der Waals surface area contributed by atoms with Crippen LogP contribution in [0, 0.1) is 12.7 Å². The summed E-state index contributed by atoms with van der Waals surface area (Å²) in [5.41, 5.74) is 14.0. The number of fused-ring (bicyclic) bond motifs is 2. The highest BCUT2D eigenvalue weighted by atomic mass is 19.1. The average Bonchev–Trinajstić information content (AvgIpc) is 3.42. The molecule has 1 saturated heterocycles. The number of aromatic nitrogens is 4. The van der Waals surface area contributed by atoms with Crippen LogP contribution in [0.15, 0.2) is 73.6 Å². The van der Waals surface area contributed by atoms with Gasteiger partial charge in [-0.3, -0.25) is 4.98 Å². The highest BCUT2D eigenvalue weighted by molar-refractivity contribution is 5.87. The minimum Gasteiger partial charge on any atom is -0.370 e. The van der Waals surface area contributed by atoms with E-state index in [0.717, 1.165) is 76.5 Å². The first kappa shape index (κ1) is 22.5. The van der Waals surface area contributed by atoms with Crippen molar-refractivity contribution in [3.63, 3.8) is 0 Å². The van der Waals surface area contributed by atoms with E-state index in [1.54, 1.807) is 6.07 Å². The third-order valence-corrected chi connectivity index (χ3v) is 7.20. The maximum Gasteiger partial charge on any atom is 0.141 e. The molecule has 0 aliphatic carbocycles. The van der Waals surface area contributed by atoms with Gasteiger partial charge in [-0.25, -0.2) is 9.37 Å². The number of rotatable bonds is 5. The molecule has 7 heteroatoms. The molecule has 6 nitrogen and oxygen atoms in total. The Morgan fingerprint density at radius 1 is 1.17 bits per heavy atom. The van der Waals surface area contributed by atoms with Gasteiger partial charge in [0.25, 0.3) is 0 Å². The zero-order valence-electron chi connectivity index (χ0n) is 20.4. The summed E-state index contributed by atoms with van der Waals surface area (Å²) in [6.07, 6.45) is 5.48. The summed E-state index contributed by atoms with van der Waals surface area (Å²) in [6, 6.07) is 18.0. The number of benzene rings is 1. The molecule has 1 aliphatic heterocycles. The third-order valence-electron chi connectivity index (χ3n) is 7.20. The standard InChI is InChI=1S/C29H29FN6/c1-19(34-12-5-7-24(31)17-34)21-11-13-35-20(2)29(33-28(35)15-21)27-14-22-6-3-4-8-26(22)36(27)18-25-10-9-23(30)16-32-25/h3-4,6,8-11,13-16,24H,1,5,7,12,17-18,31H2,2H3. The molecule has 0 amide bonds. The van der Waals surface area contributed by atoms with E-state index in [0.29, 0.717) is 6.54 Å². The van der Waals surface area contributed by atoms with Crippen LogP contribution >= 0.6 is 0 Å². The summed E-state index contributed by atoms with van der Waals surface area (Å²) in [6.45, 7) is 8.79. The number of para-hydroxylation sites is 1. The van der Waals surface area contributed by atoms with Crippen molar-refractivity contribution in [3.05, 3.63) is 96.3 Å². The van der Waals surface area contributed by atoms with Crippen molar-refractivity contribution < 1.29 is 4.39 Å². The Labute approximate surface area is 209 Å². The predicted molar refractivity (Wildman–Crippen MR) is 142 cm³/mol. The van der Waals surface area contributed by atoms with Gasteiger partial charge in [-0.05, 0) is 56.2 Å². The summed E-state index contributed by atoms with van der Waals surface area (Å²) < 4.78 is 17.8. The molecule has 6 rings (SSSR count). The van der Waals surface area contributed by atoms with Gasteiger partial charge in [0.05, 0.1) is 24.1 Å². The molecule has 1 unspecified atom stereocenters. The zero-order chi connectivity index (χ0) is 24.8. The zero-order valence-corrected chi connectivity index (χ0v) is 20.4. The number of likely N-dealkylation sites (tertiary alicyclic amines) is 1. The van der Waals surface area contributed by atoms with Crippen molar-refractivity contribution in [2.45, 2.75) is 32.4 Å². The summed E-state index contributed by atoms with van der Waals surface area (Å²) >= 11 is 0. The van der Waals surface area contributed by atoms with E-state index < -0.39 is 0 Å². The molecular formula is C29H29FN6. The van der Waals surface area contributed by atoms with Crippen molar-refractivity contribution in [1.29, 1.82) is 0 Å². The Kier molecular flexibility index (Phi) is 5.57. The Morgan fingerprint density at radius 2 is 2.03 bits per heavy atom. The maximum absolute atomic E-state index is 13.5. The number of piperidine rings is 1. The van der Waals surface area contributed by atoms with Gasteiger partial charge in [0.15, 0.2) is 0 Å². The second kappa shape index (κ2) is 8.91. The topological polar surface area (TPSA) is 64.4 Å². The van der Waals surface area contributed by atoms with Gasteiger partial charge in [0.2, 0.25) is 0 Å². The Bertz CT molecular complexity index is 1580. The average molecular weight is 481 g/mol. The molecule has 1 aliphatic rings. The van der Waals surface area contributed by atoms with Gasteiger partial charge in [0, 0.05) is 53.2 Å². The van der Waals surface area contributed by atoms with Crippen LogP contribution in [0.1, 0.15) is 29.8 Å². The van der Waals surface area contributed by atoms with Crippen LogP contribution in [0.25, 0.3) is 33.6 Å². The summed E-state index contributed by atoms with van der Waals surface area (Å²) in [7, 11) is 0. The minimum absolute atomic E-state index is 0.192. The predicted octanol–water partition coefficient (Wildman–Crippen LogP) is 5.24. The SMILES string of the molecule is C=C(c1ccn2c(C)c(-c3cc4ccccc4n3Cc3ccc(F)cn3)nc2c1)N1CCCC(N)C1. The van der Waals surface area contributed by atoms with Crippen molar-refractivity contribution in [2.75, 3.05) is 13.1 Å². The van der Waals surface area contributed by atoms with Crippen molar-refractivity contribution >= 4 is 22.2 Å². The van der Waals surface area contributed by atoms with E-state index in [9.17, 15) is 4.39 Å². The first-order chi connectivity index (χ1) is 17.5. The molecule has 0 spiro atoms.